The van der Waals surface area contributed by atoms with E-state index in [-0.39, 0.29) is 12.2 Å². The molecule has 1 aromatic heterocycles. The molecule has 2 rings (SSSR count). The minimum atomic E-state index is -5.15. The molecule has 0 bridgehead atoms. The fourth-order valence-electron chi connectivity index (χ4n) is 2.24. The van der Waals surface area contributed by atoms with E-state index in [0.717, 1.165) is 11.3 Å². The van der Waals surface area contributed by atoms with Crippen molar-refractivity contribution >= 4 is 39.1 Å². The van der Waals surface area contributed by atoms with Gasteiger partial charge in [0.25, 0.3) is 0 Å². The van der Waals surface area contributed by atoms with Crippen molar-refractivity contribution in [1.82, 2.24) is 4.90 Å². The molecule has 0 fully saturated rings. The number of nitrogens with zero attached hydrogens (tertiary/aromatic N) is 1. The number of halogens is 4. The van der Waals surface area contributed by atoms with Gasteiger partial charge < -0.3 is 14.7 Å². The van der Waals surface area contributed by atoms with E-state index in [4.69, 9.17) is 4.74 Å². The van der Waals surface area contributed by atoms with Gasteiger partial charge in [-0.25, -0.2) is 4.79 Å². The predicted octanol–water partition coefficient (Wildman–Crippen LogP) is 2.55. The number of fused-ring (bicyclic) bond motifs is 1. The quantitative estimate of drug-likeness (QED) is 0.773. The fourth-order valence-corrected chi connectivity index (χ4v) is 4.02. The number of amides is 1. The topological polar surface area (TPSA) is 66.8 Å². The summed E-state index contributed by atoms with van der Waals surface area (Å²) in [6, 6.07) is -1.53. The third kappa shape index (κ3) is 2.99. The number of ether oxygens (including phenoxy) is 1. The van der Waals surface area contributed by atoms with Gasteiger partial charge in [-0.05, 0) is 22.9 Å². The Balaban J connectivity index is 2.52. The molecule has 1 aliphatic heterocycles. The van der Waals surface area contributed by atoms with E-state index in [9.17, 15) is 27.9 Å². The van der Waals surface area contributed by atoms with E-state index < -0.39 is 36.7 Å². The summed E-state index contributed by atoms with van der Waals surface area (Å²) in [7, 11) is 0. The van der Waals surface area contributed by atoms with Crippen LogP contribution in [0.3, 0.4) is 0 Å². The van der Waals surface area contributed by atoms with Gasteiger partial charge in [0.15, 0.2) is 6.04 Å². The standard InChI is InChI=1S/C12H11BrF3NO4S/c1-2-21-10(19)8-7-5(13)4-22-9(7)6(18)3-17(8)11(20)12(14,15)16/h4,6,8,18H,2-3H2,1H3. The highest BCUT2D eigenvalue weighted by Gasteiger charge is 2.51. The molecule has 22 heavy (non-hydrogen) atoms. The lowest BCUT2D eigenvalue weighted by Gasteiger charge is -2.36. The first-order valence-electron chi connectivity index (χ1n) is 6.17. The maximum absolute atomic E-state index is 12.8. The first-order valence-corrected chi connectivity index (χ1v) is 7.85. The summed E-state index contributed by atoms with van der Waals surface area (Å²) in [6.07, 6.45) is -6.44. The largest absolute Gasteiger partial charge is 0.471 e. The lowest BCUT2D eigenvalue weighted by molar-refractivity contribution is -0.193. The van der Waals surface area contributed by atoms with Crippen LogP contribution < -0.4 is 0 Å². The van der Waals surface area contributed by atoms with Crippen LogP contribution in [0.5, 0.6) is 0 Å². The Labute approximate surface area is 135 Å². The fraction of sp³-hybridized carbons (Fsp3) is 0.500. The normalized spacial score (nSPS) is 21.5. The number of esters is 1. The summed E-state index contributed by atoms with van der Waals surface area (Å²) in [6.45, 7) is 0.847. The number of carbonyl (C=O) groups is 2. The van der Waals surface area contributed by atoms with Gasteiger partial charge in [-0.2, -0.15) is 13.2 Å². The number of aliphatic hydroxyl groups excluding tert-OH is 1. The average Bonchev–Trinajstić information content (AvgIpc) is 2.80. The van der Waals surface area contributed by atoms with Crippen molar-refractivity contribution in [2.24, 2.45) is 0 Å². The molecule has 1 amide bonds. The van der Waals surface area contributed by atoms with Crippen LogP contribution in [-0.2, 0) is 14.3 Å². The highest BCUT2D eigenvalue weighted by Crippen LogP contribution is 2.44. The molecule has 1 aromatic rings. The molecule has 1 aliphatic rings. The second-order valence-corrected chi connectivity index (χ2v) is 6.25. The highest BCUT2D eigenvalue weighted by molar-refractivity contribution is 9.10. The van der Waals surface area contributed by atoms with Crippen molar-refractivity contribution < 1.29 is 32.6 Å². The Bertz CT molecular complexity index is 604. The van der Waals surface area contributed by atoms with E-state index in [1.165, 1.54) is 6.92 Å². The Morgan fingerprint density at radius 3 is 2.73 bits per heavy atom. The maximum atomic E-state index is 12.8. The average molecular weight is 402 g/mol. The first kappa shape index (κ1) is 17.2. The zero-order valence-electron chi connectivity index (χ0n) is 11.2. The summed E-state index contributed by atoms with van der Waals surface area (Å²) in [5.74, 6) is -3.15. The van der Waals surface area contributed by atoms with Crippen LogP contribution >= 0.6 is 27.3 Å². The van der Waals surface area contributed by atoms with E-state index in [1.807, 2.05) is 0 Å². The summed E-state index contributed by atoms with van der Waals surface area (Å²) in [5.41, 5.74) is 0.139. The number of thiophene rings is 1. The third-order valence-electron chi connectivity index (χ3n) is 3.08. The molecular formula is C12H11BrF3NO4S. The molecule has 2 heterocycles. The number of alkyl halides is 3. The molecule has 0 aliphatic carbocycles. The number of carbonyl (C=O) groups excluding carboxylic acids is 2. The van der Waals surface area contributed by atoms with Crippen molar-refractivity contribution in [3.63, 3.8) is 0 Å². The zero-order chi connectivity index (χ0) is 16.7. The first-order chi connectivity index (χ1) is 10.2. The molecule has 5 nitrogen and oxygen atoms in total. The Kier molecular flexibility index (Phi) is 4.83. The molecular weight excluding hydrogens is 391 g/mol. The molecule has 122 valence electrons. The molecule has 0 aromatic carbocycles. The number of β-amino-alcohol motifs (C(OH)–C–C–N with tert-alkyl or cyclic N) is 1. The van der Waals surface area contributed by atoms with Crippen molar-refractivity contribution in [3.05, 3.63) is 20.3 Å². The number of aliphatic hydroxyl groups is 1. The smallest absolute Gasteiger partial charge is 0.464 e. The predicted molar refractivity (Wildman–Crippen MR) is 74.1 cm³/mol. The second kappa shape index (κ2) is 6.17. The zero-order valence-corrected chi connectivity index (χ0v) is 13.6. The molecule has 0 spiro atoms. The van der Waals surface area contributed by atoms with Crippen LogP contribution in [0.1, 0.15) is 29.5 Å². The van der Waals surface area contributed by atoms with Gasteiger partial charge in [0, 0.05) is 20.3 Å². The van der Waals surface area contributed by atoms with Gasteiger partial charge in [0.1, 0.15) is 6.10 Å². The van der Waals surface area contributed by atoms with E-state index >= 15 is 0 Å². The van der Waals surface area contributed by atoms with E-state index in [0.29, 0.717) is 14.2 Å². The van der Waals surface area contributed by atoms with Crippen molar-refractivity contribution in [2.45, 2.75) is 25.2 Å². The van der Waals surface area contributed by atoms with Gasteiger partial charge in [-0.3, -0.25) is 4.79 Å². The molecule has 0 radical (unpaired) electrons. The highest BCUT2D eigenvalue weighted by atomic mass is 79.9. The second-order valence-electron chi connectivity index (χ2n) is 4.49. The summed E-state index contributed by atoms with van der Waals surface area (Å²) in [5, 5.41) is 11.5. The number of hydrogen-bond acceptors (Lipinski definition) is 5. The Hall–Kier alpha value is -1.13. The van der Waals surface area contributed by atoms with Crippen LogP contribution in [-0.4, -0.2) is 41.2 Å². The summed E-state index contributed by atoms with van der Waals surface area (Å²) in [4.78, 5) is 24.3. The molecule has 10 heteroatoms. The third-order valence-corrected chi connectivity index (χ3v) is 5.14. The van der Waals surface area contributed by atoms with Crippen molar-refractivity contribution in [1.29, 1.82) is 0 Å². The van der Waals surface area contributed by atoms with Gasteiger partial charge in [-0.15, -0.1) is 11.3 Å². The van der Waals surface area contributed by atoms with Crippen molar-refractivity contribution in [3.8, 4) is 0 Å². The molecule has 2 atom stereocenters. The van der Waals surface area contributed by atoms with Gasteiger partial charge >= 0.3 is 18.1 Å². The summed E-state index contributed by atoms with van der Waals surface area (Å²) >= 11 is 4.24. The Morgan fingerprint density at radius 1 is 1.55 bits per heavy atom. The van der Waals surface area contributed by atoms with E-state index in [2.05, 4.69) is 15.9 Å². The monoisotopic (exact) mass is 401 g/mol. The van der Waals surface area contributed by atoms with Crippen molar-refractivity contribution in [2.75, 3.05) is 13.2 Å². The van der Waals surface area contributed by atoms with Gasteiger partial charge in [0.2, 0.25) is 0 Å². The SMILES string of the molecule is CCOC(=O)C1c2c(Br)csc2C(O)CN1C(=O)C(F)(F)F. The van der Waals surface area contributed by atoms with Crippen LogP contribution in [0, 0.1) is 0 Å². The number of rotatable bonds is 2. The van der Waals surface area contributed by atoms with Crippen LogP contribution in [0.2, 0.25) is 0 Å². The molecule has 0 saturated carbocycles. The van der Waals surface area contributed by atoms with Gasteiger partial charge in [-0.1, -0.05) is 0 Å². The minimum Gasteiger partial charge on any atom is -0.464 e. The summed E-state index contributed by atoms with van der Waals surface area (Å²) < 4.78 is 43.4. The molecule has 2 unspecified atom stereocenters. The van der Waals surface area contributed by atoms with Crippen LogP contribution in [0.15, 0.2) is 9.85 Å². The maximum Gasteiger partial charge on any atom is 0.471 e. The van der Waals surface area contributed by atoms with Gasteiger partial charge in [0.05, 0.1) is 13.2 Å². The van der Waals surface area contributed by atoms with Crippen LogP contribution in [0.25, 0.3) is 0 Å². The number of hydrogen-bond donors (Lipinski definition) is 1. The molecule has 1 N–H and O–H groups in total. The van der Waals surface area contributed by atoms with E-state index in [1.54, 1.807) is 5.38 Å². The minimum absolute atomic E-state index is 0.0387. The lowest BCUT2D eigenvalue weighted by atomic mass is 9.98. The lowest BCUT2D eigenvalue weighted by Crippen LogP contribution is -2.50. The molecule has 0 saturated heterocycles. The Morgan fingerprint density at radius 2 is 2.18 bits per heavy atom. The van der Waals surface area contributed by atoms with Crippen LogP contribution in [0.4, 0.5) is 13.2 Å².